The lowest BCUT2D eigenvalue weighted by molar-refractivity contribution is -0.117. The summed E-state index contributed by atoms with van der Waals surface area (Å²) in [5, 5.41) is 2.62. The monoisotopic (exact) mass is 446 g/mol. The molecule has 146 valence electrons. The van der Waals surface area contributed by atoms with Crippen molar-refractivity contribution in [2.24, 2.45) is 0 Å². The fourth-order valence-corrected chi connectivity index (χ4v) is 3.82. The van der Waals surface area contributed by atoms with E-state index in [0.29, 0.717) is 17.9 Å². The van der Waals surface area contributed by atoms with Crippen LogP contribution in [0.4, 0.5) is 5.95 Å². The zero-order chi connectivity index (χ0) is 19.7. The Labute approximate surface area is 170 Å². The van der Waals surface area contributed by atoms with Gasteiger partial charge in [-0.1, -0.05) is 15.9 Å². The zero-order valence-corrected chi connectivity index (χ0v) is 16.9. The van der Waals surface area contributed by atoms with E-state index < -0.39 is 0 Å². The van der Waals surface area contributed by atoms with Crippen LogP contribution in [0.25, 0.3) is 0 Å². The van der Waals surface area contributed by atoms with Crippen LogP contribution in [-0.4, -0.2) is 53.7 Å². The Morgan fingerprint density at radius 1 is 1.32 bits per heavy atom. The molecule has 2 aromatic rings. The second-order valence-electron chi connectivity index (χ2n) is 6.97. The van der Waals surface area contributed by atoms with Crippen LogP contribution in [-0.2, 0) is 14.9 Å². The van der Waals surface area contributed by atoms with E-state index in [4.69, 9.17) is 9.47 Å². The summed E-state index contributed by atoms with van der Waals surface area (Å²) in [6.45, 7) is 0.598. The van der Waals surface area contributed by atoms with Crippen LogP contribution in [0.15, 0.2) is 35.1 Å². The largest absolute Gasteiger partial charge is 0.464 e. The van der Waals surface area contributed by atoms with Crippen LogP contribution in [0.5, 0.6) is 5.75 Å². The fraction of sp³-hybridized carbons (Fsp3) is 0.368. The lowest BCUT2D eigenvalue weighted by atomic mass is 9.86. The first-order valence-electron chi connectivity index (χ1n) is 8.84. The van der Waals surface area contributed by atoms with Gasteiger partial charge in [-0.2, -0.15) is 0 Å². The Bertz CT molecular complexity index is 915. The third-order valence-corrected chi connectivity index (χ3v) is 5.47. The van der Waals surface area contributed by atoms with Gasteiger partial charge in [0.15, 0.2) is 12.5 Å². The molecule has 1 aromatic carbocycles. The number of hydrogen-bond donors (Lipinski definition) is 1. The summed E-state index contributed by atoms with van der Waals surface area (Å²) in [5.74, 6) is 0.129. The molecular weight excluding hydrogens is 428 g/mol. The van der Waals surface area contributed by atoms with Crippen molar-refractivity contribution in [2.75, 3.05) is 32.3 Å². The lowest BCUT2D eigenvalue weighted by Crippen LogP contribution is -2.46. The van der Waals surface area contributed by atoms with Crippen molar-refractivity contribution < 1.29 is 19.1 Å². The van der Waals surface area contributed by atoms with E-state index in [9.17, 15) is 9.59 Å². The molecule has 1 aliphatic heterocycles. The van der Waals surface area contributed by atoms with Crippen LogP contribution in [0.2, 0.25) is 0 Å². The summed E-state index contributed by atoms with van der Waals surface area (Å²) in [7, 11) is 1.51. The molecule has 2 aliphatic rings. The highest BCUT2D eigenvalue weighted by Gasteiger charge is 2.51. The minimum Gasteiger partial charge on any atom is -0.464 e. The van der Waals surface area contributed by atoms with Crippen LogP contribution in [0.3, 0.4) is 0 Å². The highest BCUT2D eigenvalue weighted by molar-refractivity contribution is 9.10. The van der Waals surface area contributed by atoms with Crippen molar-refractivity contribution in [1.82, 2.24) is 14.9 Å². The number of halogens is 1. The number of aromatic nitrogens is 2. The molecule has 2 amide bonds. The van der Waals surface area contributed by atoms with E-state index in [1.807, 2.05) is 18.2 Å². The molecule has 28 heavy (non-hydrogen) atoms. The van der Waals surface area contributed by atoms with Crippen molar-refractivity contribution >= 4 is 33.7 Å². The van der Waals surface area contributed by atoms with Gasteiger partial charge in [-0.15, -0.1) is 0 Å². The first-order chi connectivity index (χ1) is 13.5. The number of nitrogens with zero attached hydrogens (tertiary/aromatic N) is 3. The number of carbonyl (C=O) groups excluding carboxylic acids is 2. The lowest BCUT2D eigenvalue weighted by Gasteiger charge is -2.34. The van der Waals surface area contributed by atoms with Crippen molar-refractivity contribution in [3.63, 3.8) is 0 Å². The first-order valence-corrected chi connectivity index (χ1v) is 9.63. The molecule has 1 N–H and O–H groups in total. The molecule has 4 rings (SSSR count). The number of methoxy groups -OCH3 is 1. The van der Waals surface area contributed by atoms with Crippen molar-refractivity contribution in [3.05, 3.63) is 46.2 Å². The molecule has 0 unspecified atom stereocenters. The summed E-state index contributed by atoms with van der Waals surface area (Å²) >= 11 is 3.48. The van der Waals surface area contributed by atoms with E-state index in [-0.39, 0.29) is 36.5 Å². The number of fused-ring (bicyclic) bond motifs is 2. The quantitative estimate of drug-likeness (QED) is 0.684. The van der Waals surface area contributed by atoms with Crippen molar-refractivity contribution in [1.29, 1.82) is 0 Å². The van der Waals surface area contributed by atoms with Gasteiger partial charge in [-0.25, -0.2) is 9.97 Å². The minimum atomic E-state index is -0.338. The second-order valence-corrected chi connectivity index (χ2v) is 7.89. The molecule has 1 fully saturated rings. The van der Waals surface area contributed by atoms with Gasteiger partial charge < -0.3 is 14.4 Å². The highest BCUT2D eigenvalue weighted by atomic mass is 79.9. The molecular formula is C19H19BrN4O4. The topological polar surface area (TPSA) is 93.7 Å². The van der Waals surface area contributed by atoms with Crippen LogP contribution in [0.1, 0.15) is 28.8 Å². The fourth-order valence-electron chi connectivity index (χ4n) is 3.46. The second kappa shape index (κ2) is 7.48. The molecule has 1 aromatic heterocycles. The van der Waals surface area contributed by atoms with Gasteiger partial charge in [0, 0.05) is 29.1 Å². The van der Waals surface area contributed by atoms with Crippen LogP contribution < -0.4 is 10.1 Å². The van der Waals surface area contributed by atoms with Crippen LogP contribution >= 0.6 is 15.9 Å². The van der Waals surface area contributed by atoms with Gasteiger partial charge in [-0.05, 0) is 36.6 Å². The number of benzene rings is 1. The molecule has 9 heteroatoms. The van der Waals surface area contributed by atoms with E-state index in [0.717, 1.165) is 22.9 Å². The first kappa shape index (κ1) is 18.8. The standard InChI is InChI=1S/C19H19BrN4O4/c1-27-11-28-13-7-21-18(22-8-13)23-16(25)9-24-10-19(4-5-19)15-6-12(20)2-3-14(15)17(24)26/h2-3,6-8H,4-5,9-11H2,1H3,(H,21,22,23,25). The minimum absolute atomic E-state index is 0.0237. The third-order valence-electron chi connectivity index (χ3n) is 4.97. The number of ether oxygens (including phenoxy) is 2. The number of nitrogens with one attached hydrogen (secondary N) is 1. The summed E-state index contributed by atoms with van der Waals surface area (Å²) in [5.41, 5.74) is 1.73. The molecule has 0 radical (unpaired) electrons. The molecule has 0 saturated heterocycles. The van der Waals surface area contributed by atoms with Crippen molar-refractivity contribution in [2.45, 2.75) is 18.3 Å². The predicted molar refractivity (Wildman–Crippen MR) is 104 cm³/mol. The Hall–Kier alpha value is -2.52. The van der Waals surface area contributed by atoms with Gasteiger partial charge >= 0.3 is 0 Å². The summed E-state index contributed by atoms with van der Waals surface area (Å²) < 4.78 is 11.0. The number of carbonyl (C=O) groups is 2. The number of hydrogen-bond acceptors (Lipinski definition) is 6. The molecule has 8 nitrogen and oxygen atoms in total. The maximum atomic E-state index is 12.8. The van der Waals surface area contributed by atoms with E-state index >= 15 is 0 Å². The molecule has 1 spiro atoms. The Balaban J connectivity index is 1.42. The Kier molecular flexibility index (Phi) is 5.03. The maximum absolute atomic E-state index is 12.8. The summed E-state index contributed by atoms with van der Waals surface area (Å²) in [6.07, 6.45) is 4.93. The van der Waals surface area contributed by atoms with E-state index in [1.54, 1.807) is 4.90 Å². The summed E-state index contributed by atoms with van der Waals surface area (Å²) in [6, 6.07) is 5.71. The van der Waals surface area contributed by atoms with Crippen molar-refractivity contribution in [3.8, 4) is 5.75 Å². The normalized spacial score (nSPS) is 16.6. The highest BCUT2D eigenvalue weighted by Crippen LogP contribution is 2.52. The molecule has 0 atom stereocenters. The van der Waals surface area contributed by atoms with Gasteiger partial charge in [0.1, 0.15) is 6.54 Å². The average molecular weight is 447 g/mol. The Morgan fingerprint density at radius 2 is 2.07 bits per heavy atom. The van der Waals surface area contributed by atoms with Gasteiger partial charge in [-0.3, -0.25) is 14.9 Å². The molecule has 1 saturated carbocycles. The average Bonchev–Trinajstić information content (AvgIpc) is 3.46. The summed E-state index contributed by atoms with van der Waals surface area (Å²) in [4.78, 5) is 35.0. The number of amides is 2. The smallest absolute Gasteiger partial charge is 0.254 e. The molecule has 1 aliphatic carbocycles. The molecule has 0 bridgehead atoms. The van der Waals surface area contributed by atoms with Gasteiger partial charge in [0.05, 0.1) is 12.4 Å². The zero-order valence-electron chi connectivity index (χ0n) is 15.3. The van der Waals surface area contributed by atoms with E-state index in [2.05, 4.69) is 31.2 Å². The predicted octanol–water partition coefficient (Wildman–Crippen LogP) is 2.35. The maximum Gasteiger partial charge on any atom is 0.254 e. The van der Waals surface area contributed by atoms with Gasteiger partial charge in [0.25, 0.3) is 5.91 Å². The Morgan fingerprint density at radius 3 is 2.75 bits per heavy atom. The van der Waals surface area contributed by atoms with Crippen LogP contribution in [0, 0.1) is 0 Å². The molecule has 2 heterocycles. The third kappa shape index (κ3) is 3.72. The number of rotatable bonds is 6. The van der Waals surface area contributed by atoms with E-state index in [1.165, 1.54) is 19.5 Å². The van der Waals surface area contributed by atoms with Gasteiger partial charge in [0.2, 0.25) is 11.9 Å². The SMILES string of the molecule is COCOc1cnc(NC(=O)CN2CC3(CC3)c3cc(Br)ccc3C2=O)nc1. The number of anilines is 1.